The van der Waals surface area contributed by atoms with E-state index in [2.05, 4.69) is 44.5 Å². The summed E-state index contributed by atoms with van der Waals surface area (Å²) in [4.78, 5) is 18.3. The lowest BCUT2D eigenvalue weighted by atomic mass is 9.87. The van der Waals surface area contributed by atoms with Gasteiger partial charge in [-0.3, -0.25) is 0 Å². The average Bonchev–Trinajstić information content (AvgIpc) is 3.31. The van der Waals surface area contributed by atoms with Crippen molar-refractivity contribution < 1.29 is 4.84 Å². The zero-order valence-corrected chi connectivity index (χ0v) is 13.8. The van der Waals surface area contributed by atoms with E-state index in [0.717, 1.165) is 36.2 Å². The highest BCUT2D eigenvalue weighted by molar-refractivity contribution is 7.98. The molecule has 23 heavy (non-hydrogen) atoms. The normalized spacial score (nSPS) is 22.1. The number of anilines is 1. The lowest BCUT2D eigenvalue weighted by Gasteiger charge is -2.46. The molecule has 0 N–H and O–H groups in total. The number of aromatic nitrogens is 2. The second kappa shape index (κ2) is 4.84. The second-order valence-corrected chi connectivity index (χ2v) is 7.62. The highest BCUT2D eigenvalue weighted by Gasteiger charge is 2.52. The van der Waals surface area contributed by atoms with Crippen LogP contribution in [-0.4, -0.2) is 40.6 Å². The summed E-state index contributed by atoms with van der Waals surface area (Å²) in [6.45, 7) is 1.73. The van der Waals surface area contributed by atoms with Crippen molar-refractivity contribution in [2.24, 2.45) is 11.1 Å². The van der Waals surface area contributed by atoms with Gasteiger partial charge in [0.2, 0.25) is 0 Å². The molecule has 3 aliphatic rings. The Labute approximate surface area is 139 Å². The van der Waals surface area contributed by atoms with Crippen LogP contribution in [0, 0.1) is 5.92 Å². The number of thioether (sulfide) groups is 1. The topological polar surface area (TPSA) is 50.6 Å². The molecule has 0 atom stereocenters. The van der Waals surface area contributed by atoms with E-state index in [-0.39, 0.29) is 5.60 Å². The first-order chi connectivity index (χ1) is 11.3. The number of oxime groups is 1. The molecule has 0 amide bonds. The summed E-state index contributed by atoms with van der Waals surface area (Å²) < 4.78 is 0. The van der Waals surface area contributed by atoms with Crippen LogP contribution in [0.3, 0.4) is 0 Å². The number of fused-ring (bicyclic) bond motifs is 1. The molecule has 1 saturated carbocycles. The monoisotopic (exact) mass is 326 g/mol. The van der Waals surface area contributed by atoms with Crippen molar-refractivity contribution in [3.8, 4) is 0 Å². The fraction of sp³-hybridized carbons (Fsp3) is 0.471. The van der Waals surface area contributed by atoms with Gasteiger partial charge in [-0.15, -0.1) is 11.8 Å². The van der Waals surface area contributed by atoms with E-state index in [0.29, 0.717) is 5.92 Å². The van der Waals surface area contributed by atoms with Gasteiger partial charge in [0, 0.05) is 22.6 Å². The maximum absolute atomic E-state index is 5.80. The van der Waals surface area contributed by atoms with E-state index >= 15 is 0 Å². The molecule has 0 unspecified atom stereocenters. The molecule has 1 spiro atoms. The molecule has 1 aliphatic carbocycles. The molecule has 1 aromatic carbocycles. The fourth-order valence-electron chi connectivity index (χ4n) is 3.56. The van der Waals surface area contributed by atoms with E-state index in [1.807, 2.05) is 0 Å². The van der Waals surface area contributed by atoms with Crippen LogP contribution in [0.4, 0.5) is 5.82 Å². The van der Waals surface area contributed by atoms with Crippen LogP contribution >= 0.6 is 11.8 Å². The predicted molar refractivity (Wildman–Crippen MR) is 92.1 cm³/mol. The van der Waals surface area contributed by atoms with E-state index < -0.39 is 0 Å². The van der Waals surface area contributed by atoms with Gasteiger partial charge in [-0.25, -0.2) is 9.97 Å². The zero-order valence-electron chi connectivity index (χ0n) is 13.0. The fourth-order valence-corrected chi connectivity index (χ4v) is 4.00. The van der Waals surface area contributed by atoms with Gasteiger partial charge in [0.25, 0.3) is 0 Å². The molecule has 1 aromatic heterocycles. The van der Waals surface area contributed by atoms with Crippen LogP contribution in [0.2, 0.25) is 0 Å². The van der Waals surface area contributed by atoms with Crippen molar-refractivity contribution in [3.63, 3.8) is 0 Å². The van der Waals surface area contributed by atoms with Crippen molar-refractivity contribution in [1.82, 2.24) is 9.97 Å². The first-order valence-electron chi connectivity index (χ1n) is 8.05. The predicted octanol–water partition coefficient (Wildman–Crippen LogP) is 3.10. The number of benzene rings is 1. The highest BCUT2D eigenvalue weighted by atomic mass is 32.2. The van der Waals surface area contributed by atoms with Crippen LogP contribution in [-0.2, 0) is 4.84 Å². The van der Waals surface area contributed by atoms with Gasteiger partial charge in [0.15, 0.2) is 5.60 Å². The van der Waals surface area contributed by atoms with Crippen LogP contribution in [0.15, 0.2) is 34.6 Å². The zero-order chi connectivity index (χ0) is 15.4. The minimum absolute atomic E-state index is 0.105. The van der Waals surface area contributed by atoms with Gasteiger partial charge < -0.3 is 9.74 Å². The Balaban J connectivity index is 1.40. The van der Waals surface area contributed by atoms with E-state index in [4.69, 9.17) is 4.84 Å². The first-order valence-corrected chi connectivity index (χ1v) is 9.27. The number of rotatable bonds is 3. The van der Waals surface area contributed by atoms with Gasteiger partial charge in [-0.2, -0.15) is 0 Å². The minimum atomic E-state index is -0.105. The van der Waals surface area contributed by atoms with E-state index in [9.17, 15) is 0 Å². The quantitative estimate of drug-likeness (QED) is 0.811. The lowest BCUT2D eigenvalue weighted by Crippen LogP contribution is -2.62. The Morgan fingerprint density at radius 2 is 2.13 bits per heavy atom. The molecular formula is C17H18N4OS. The molecule has 118 valence electrons. The largest absolute Gasteiger partial charge is 0.385 e. The Kier molecular flexibility index (Phi) is 2.86. The standard InChI is InChI=1S/C17H18N4OS/c1-23-12-4-5-14-13(6-12)16(19-10-18-14)21-8-17(9-21)7-15(20-22-17)11-2-3-11/h4-6,10-11H,2-3,7-9H2,1H3. The summed E-state index contributed by atoms with van der Waals surface area (Å²) in [7, 11) is 0. The van der Waals surface area contributed by atoms with Crippen molar-refractivity contribution in [2.75, 3.05) is 24.2 Å². The van der Waals surface area contributed by atoms with Crippen LogP contribution in [0.25, 0.3) is 10.9 Å². The summed E-state index contributed by atoms with van der Waals surface area (Å²) >= 11 is 1.74. The molecule has 1 saturated heterocycles. The molecule has 0 radical (unpaired) electrons. The molecule has 2 aromatic rings. The lowest BCUT2D eigenvalue weighted by molar-refractivity contribution is -0.0394. The van der Waals surface area contributed by atoms with Crippen molar-refractivity contribution in [2.45, 2.75) is 29.8 Å². The Morgan fingerprint density at radius 3 is 2.91 bits per heavy atom. The van der Waals surface area contributed by atoms with Crippen LogP contribution < -0.4 is 4.90 Å². The maximum Gasteiger partial charge on any atom is 0.177 e. The molecule has 3 heterocycles. The summed E-state index contributed by atoms with van der Waals surface area (Å²) in [5.41, 5.74) is 2.17. The third-order valence-electron chi connectivity index (χ3n) is 4.99. The average molecular weight is 326 g/mol. The van der Waals surface area contributed by atoms with Crippen molar-refractivity contribution in [1.29, 1.82) is 0 Å². The summed E-state index contributed by atoms with van der Waals surface area (Å²) in [5.74, 6) is 1.72. The number of hydrogen-bond acceptors (Lipinski definition) is 6. The van der Waals surface area contributed by atoms with Crippen molar-refractivity contribution in [3.05, 3.63) is 24.5 Å². The van der Waals surface area contributed by atoms with Gasteiger partial charge in [0.05, 0.1) is 24.3 Å². The van der Waals surface area contributed by atoms with Gasteiger partial charge in [-0.1, -0.05) is 5.16 Å². The third-order valence-corrected chi connectivity index (χ3v) is 5.71. The molecule has 5 rings (SSSR count). The summed E-state index contributed by atoms with van der Waals surface area (Å²) in [6, 6.07) is 6.36. The van der Waals surface area contributed by atoms with E-state index in [1.54, 1.807) is 18.1 Å². The second-order valence-electron chi connectivity index (χ2n) is 6.74. The van der Waals surface area contributed by atoms with Crippen LogP contribution in [0.1, 0.15) is 19.3 Å². The third kappa shape index (κ3) is 2.19. The Morgan fingerprint density at radius 1 is 1.26 bits per heavy atom. The number of nitrogens with zero attached hydrogens (tertiary/aromatic N) is 4. The van der Waals surface area contributed by atoms with Crippen LogP contribution in [0.5, 0.6) is 0 Å². The minimum Gasteiger partial charge on any atom is -0.385 e. The van der Waals surface area contributed by atoms with Gasteiger partial charge >= 0.3 is 0 Å². The Hall–Kier alpha value is -1.82. The van der Waals surface area contributed by atoms with E-state index in [1.165, 1.54) is 23.4 Å². The molecule has 6 heteroatoms. The molecule has 0 bridgehead atoms. The molecule has 2 fully saturated rings. The van der Waals surface area contributed by atoms with Gasteiger partial charge in [-0.05, 0) is 37.3 Å². The SMILES string of the molecule is CSc1ccc2ncnc(N3CC4(CC(C5CC5)=NO4)C3)c2c1. The smallest absolute Gasteiger partial charge is 0.177 e. The molecule has 2 aliphatic heterocycles. The molecule has 5 nitrogen and oxygen atoms in total. The highest BCUT2D eigenvalue weighted by Crippen LogP contribution is 2.43. The van der Waals surface area contributed by atoms with Gasteiger partial charge in [0.1, 0.15) is 12.1 Å². The van der Waals surface area contributed by atoms with Crippen molar-refractivity contribution >= 4 is 34.2 Å². The maximum atomic E-state index is 5.80. The summed E-state index contributed by atoms with van der Waals surface area (Å²) in [5, 5.41) is 5.47. The first kappa shape index (κ1) is 13.6. The summed E-state index contributed by atoms with van der Waals surface area (Å²) in [6.07, 6.45) is 7.31. The molecular weight excluding hydrogens is 308 g/mol. The number of hydrogen-bond donors (Lipinski definition) is 0. The Bertz CT molecular complexity index is 811.